The number of hydrogen-bond acceptors (Lipinski definition) is 7. The van der Waals surface area contributed by atoms with Crippen molar-refractivity contribution in [3.63, 3.8) is 0 Å². The first-order chi connectivity index (χ1) is 12.8. The van der Waals surface area contributed by atoms with E-state index in [-0.39, 0.29) is 0 Å². The Morgan fingerprint density at radius 1 is 1.23 bits per heavy atom. The summed E-state index contributed by atoms with van der Waals surface area (Å²) >= 11 is 1.45. The van der Waals surface area contributed by atoms with Crippen LogP contribution in [-0.4, -0.2) is 32.8 Å². The fourth-order valence-corrected chi connectivity index (χ4v) is 3.49. The molecule has 0 saturated heterocycles. The van der Waals surface area contributed by atoms with E-state index in [1.165, 1.54) is 31.5 Å². The lowest BCUT2D eigenvalue weighted by atomic mass is 10.3. The number of aromatic nitrogens is 4. The Morgan fingerprint density at radius 3 is 2.88 bits per heavy atom. The van der Waals surface area contributed by atoms with Crippen LogP contribution in [0.2, 0.25) is 0 Å². The van der Waals surface area contributed by atoms with Crippen LogP contribution >= 0.6 is 11.8 Å². The second kappa shape index (κ2) is 7.01. The van der Waals surface area contributed by atoms with E-state index in [1.807, 2.05) is 30.3 Å². The molecule has 130 valence electrons. The van der Waals surface area contributed by atoms with Crippen molar-refractivity contribution in [3.05, 3.63) is 66.5 Å². The molecule has 4 aromatic rings. The lowest BCUT2D eigenvalue weighted by molar-refractivity contribution is 0.0598. The van der Waals surface area contributed by atoms with Crippen molar-refractivity contribution in [3.8, 4) is 5.69 Å². The van der Waals surface area contributed by atoms with Crippen LogP contribution in [0.15, 0.2) is 64.6 Å². The third-order valence-electron chi connectivity index (χ3n) is 3.82. The number of furan rings is 1. The molecular formula is C18H14N4O3S. The summed E-state index contributed by atoms with van der Waals surface area (Å²) in [6.45, 7) is 0. The van der Waals surface area contributed by atoms with Crippen molar-refractivity contribution in [2.75, 3.05) is 7.11 Å². The van der Waals surface area contributed by atoms with Gasteiger partial charge in [0.25, 0.3) is 0 Å². The summed E-state index contributed by atoms with van der Waals surface area (Å²) in [4.78, 5) is 20.5. The number of thioether (sulfide) groups is 1. The summed E-state index contributed by atoms with van der Waals surface area (Å²) in [6, 6.07) is 11.4. The number of benzene rings is 1. The number of fused-ring (bicyclic) bond motifs is 1. The molecule has 0 spiro atoms. The standard InChI is InChI=1S/C18H14N4O3S/c1-24-18(23)13-7-8-25-15(13)10-26-17-14-9-21-22(16(14)19-11-20-17)12-5-3-2-4-6-12/h2-9,11H,10H2,1H3. The highest BCUT2D eigenvalue weighted by atomic mass is 32.2. The fraction of sp³-hybridized carbons (Fsp3) is 0.111. The van der Waals surface area contributed by atoms with E-state index in [0.717, 1.165) is 21.7 Å². The maximum atomic E-state index is 11.7. The summed E-state index contributed by atoms with van der Waals surface area (Å²) in [5.41, 5.74) is 2.07. The summed E-state index contributed by atoms with van der Waals surface area (Å²) in [6.07, 6.45) is 4.73. The van der Waals surface area contributed by atoms with Crippen molar-refractivity contribution in [2.24, 2.45) is 0 Å². The van der Waals surface area contributed by atoms with Crippen LogP contribution in [0.4, 0.5) is 0 Å². The van der Waals surface area contributed by atoms with Crippen LogP contribution in [0.3, 0.4) is 0 Å². The first-order valence-corrected chi connectivity index (χ1v) is 8.78. The van der Waals surface area contributed by atoms with Crippen molar-refractivity contribution < 1.29 is 13.9 Å². The van der Waals surface area contributed by atoms with Gasteiger partial charge in [-0.25, -0.2) is 19.4 Å². The monoisotopic (exact) mass is 366 g/mol. The predicted molar refractivity (Wildman–Crippen MR) is 96.3 cm³/mol. The van der Waals surface area contributed by atoms with E-state index >= 15 is 0 Å². The average Bonchev–Trinajstić information content (AvgIpc) is 3.33. The SMILES string of the molecule is COC(=O)c1ccoc1CSc1ncnc2c1cnn2-c1ccccc1. The van der Waals surface area contributed by atoms with Crippen molar-refractivity contribution >= 4 is 28.8 Å². The second-order valence-electron chi connectivity index (χ2n) is 5.35. The largest absolute Gasteiger partial charge is 0.468 e. The molecule has 0 radical (unpaired) electrons. The second-order valence-corrected chi connectivity index (χ2v) is 6.31. The van der Waals surface area contributed by atoms with Crippen molar-refractivity contribution in [1.82, 2.24) is 19.7 Å². The number of carbonyl (C=O) groups is 1. The minimum absolute atomic E-state index is 0.418. The van der Waals surface area contributed by atoms with Crippen LogP contribution in [0.5, 0.6) is 0 Å². The number of methoxy groups -OCH3 is 1. The molecule has 3 heterocycles. The Bertz CT molecular complexity index is 1060. The molecular weight excluding hydrogens is 352 g/mol. The zero-order valence-corrected chi connectivity index (χ0v) is 14.6. The van der Waals surface area contributed by atoms with Gasteiger partial charge in [0.15, 0.2) is 5.65 Å². The zero-order valence-electron chi connectivity index (χ0n) is 13.8. The summed E-state index contributed by atoms with van der Waals surface area (Å²) in [5, 5.41) is 6.04. The van der Waals surface area contributed by atoms with Crippen LogP contribution in [0.25, 0.3) is 16.7 Å². The molecule has 0 aliphatic heterocycles. The van der Waals surface area contributed by atoms with Gasteiger partial charge in [-0.2, -0.15) is 5.10 Å². The summed E-state index contributed by atoms with van der Waals surface area (Å²) in [5.74, 6) is 0.572. The van der Waals surface area contributed by atoms with Crippen molar-refractivity contribution in [2.45, 2.75) is 10.8 Å². The zero-order chi connectivity index (χ0) is 17.9. The van der Waals surface area contributed by atoms with Gasteiger partial charge in [-0.1, -0.05) is 30.0 Å². The number of rotatable bonds is 5. The number of esters is 1. The predicted octanol–water partition coefficient (Wildman–Crippen LogP) is 3.49. The lowest BCUT2D eigenvalue weighted by Crippen LogP contribution is -2.02. The minimum atomic E-state index is -0.418. The van der Waals surface area contributed by atoms with Gasteiger partial charge in [0.05, 0.1) is 36.4 Å². The minimum Gasteiger partial charge on any atom is -0.468 e. The number of para-hydroxylation sites is 1. The first-order valence-electron chi connectivity index (χ1n) is 7.79. The van der Waals surface area contributed by atoms with E-state index in [2.05, 4.69) is 15.1 Å². The van der Waals surface area contributed by atoms with Gasteiger partial charge in [-0.05, 0) is 18.2 Å². The Labute approximate surface area is 153 Å². The third-order valence-corrected chi connectivity index (χ3v) is 4.83. The molecule has 3 aromatic heterocycles. The smallest absolute Gasteiger partial charge is 0.341 e. The molecule has 4 rings (SSSR count). The molecule has 0 saturated carbocycles. The fourth-order valence-electron chi connectivity index (χ4n) is 2.57. The molecule has 0 unspecified atom stereocenters. The van der Waals surface area contributed by atoms with E-state index in [4.69, 9.17) is 9.15 Å². The topological polar surface area (TPSA) is 83.0 Å². The Morgan fingerprint density at radius 2 is 2.08 bits per heavy atom. The summed E-state index contributed by atoms with van der Waals surface area (Å²) < 4.78 is 11.9. The molecule has 0 amide bonds. The highest BCUT2D eigenvalue weighted by molar-refractivity contribution is 7.98. The molecule has 7 nitrogen and oxygen atoms in total. The normalized spacial score (nSPS) is 11.0. The van der Waals surface area contributed by atoms with Crippen LogP contribution < -0.4 is 0 Å². The van der Waals surface area contributed by atoms with Gasteiger partial charge in [0, 0.05) is 0 Å². The first kappa shape index (κ1) is 16.3. The molecule has 8 heteroatoms. The molecule has 0 N–H and O–H groups in total. The maximum absolute atomic E-state index is 11.7. The molecule has 0 bridgehead atoms. The molecule has 0 atom stereocenters. The van der Waals surface area contributed by atoms with Crippen LogP contribution in [-0.2, 0) is 10.5 Å². The van der Waals surface area contributed by atoms with Gasteiger partial charge in [0.1, 0.15) is 22.7 Å². The number of nitrogens with zero attached hydrogens (tertiary/aromatic N) is 4. The van der Waals surface area contributed by atoms with Crippen molar-refractivity contribution in [1.29, 1.82) is 0 Å². The lowest BCUT2D eigenvalue weighted by Gasteiger charge is -2.04. The van der Waals surface area contributed by atoms with Gasteiger partial charge < -0.3 is 9.15 Å². The van der Waals surface area contributed by atoms with E-state index in [1.54, 1.807) is 16.9 Å². The van der Waals surface area contributed by atoms with E-state index < -0.39 is 5.97 Å². The Kier molecular flexibility index (Phi) is 4.40. The molecule has 0 aliphatic carbocycles. The quantitative estimate of drug-likeness (QED) is 0.304. The average molecular weight is 366 g/mol. The number of carbonyl (C=O) groups excluding carboxylic acids is 1. The van der Waals surface area contributed by atoms with E-state index in [0.29, 0.717) is 17.1 Å². The van der Waals surface area contributed by atoms with Gasteiger partial charge in [-0.15, -0.1) is 0 Å². The summed E-state index contributed by atoms with van der Waals surface area (Å²) in [7, 11) is 1.35. The Balaban J connectivity index is 1.63. The highest BCUT2D eigenvalue weighted by Crippen LogP contribution is 2.29. The Hall–Kier alpha value is -3.13. The third kappa shape index (κ3) is 2.95. The van der Waals surface area contributed by atoms with Gasteiger partial charge in [-0.3, -0.25) is 0 Å². The molecule has 26 heavy (non-hydrogen) atoms. The van der Waals surface area contributed by atoms with E-state index in [9.17, 15) is 4.79 Å². The van der Waals surface area contributed by atoms with Gasteiger partial charge >= 0.3 is 5.97 Å². The van der Waals surface area contributed by atoms with Crippen LogP contribution in [0.1, 0.15) is 16.1 Å². The highest BCUT2D eigenvalue weighted by Gasteiger charge is 2.17. The molecule has 1 aromatic carbocycles. The van der Waals surface area contributed by atoms with Gasteiger partial charge in [0.2, 0.25) is 0 Å². The molecule has 0 aliphatic rings. The number of ether oxygens (including phenoxy) is 1. The maximum Gasteiger partial charge on any atom is 0.341 e. The number of hydrogen-bond donors (Lipinski definition) is 0. The van der Waals surface area contributed by atoms with Crippen LogP contribution in [0, 0.1) is 0 Å². The molecule has 0 fully saturated rings.